The zero-order valence-corrected chi connectivity index (χ0v) is 16.5. The van der Waals surface area contributed by atoms with Crippen molar-refractivity contribution < 1.29 is 14.3 Å². The van der Waals surface area contributed by atoms with E-state index in [4.69, 9.17) is 9.47 Å². The fourth-order valence-corrected chi connectivity index (χ4v) is 2.81. The van der Waals surface area contributed by atoms with Crippen molar-refractivity contribution in [3.8, 4) is 11.5 Å². The molecule has 28 heavy (non-hydrogen) atoms. The van der Waals surface area contributed by atoms with Crippen LogP contribution in [-0.4, -0.2) is 44.0 Å². The van der Waals surface area contributed by atoms with E-state index in [0.29, 0.717) is 29.4 Å². The average molecular weight is 380 g/mol. The summed E-state index contributed by atoms with van der Waals surface area (Å²) in [6, 6.07) is 15.1. The number of rotatable bonds is 7. The van der Waals surface area contributed by atoms with Crippen LogP contribution in [0.2, 0.25) is 0 Å². The fraction of sp³-hybridized carbons (Fsp3) is 0.238. The van der Waals surface area contributed by atoms with Crippen molar-refractivity contribution in [2.75, 3.05) is 38.5 Å². The first kappa shape index (κ1) is 19.3. The fourth-order valence-electron chi connectivity index (χ4n) is 2.81. The van der Waals surface area contributed by atoms with Crippen LogP contribution in [0.1, 0.15) is 15.9 Å². The van der Waals surface area contributed by atoms with E-state index in [1.54, 1.807) is 42.3 Å². The van der Waals surface area contributed by atoms with Gasteiger partial charge in [-0.2, -0.15) is 5.10 Å². The molecule has 0 bridgehead atoms. The molecule has 1 amide bonds. The minimum atomic E-state index is -0.291. The number of hydrogen-bond donors (Lipinski definition) is 1. The van der Waals surface area contributed by atoms with E-state index >= 15 is 0 Å². The molecule has 2 aromatic carbocycles. The molecule has 0 atom stereocenters. The molecule has 3 aromatic rings. The van der Waals surface area contributed by atoms with Crippen molar-refractivity contribution in [3.63, 3.8) is 0 Å². The summed E-state index contributed by atoms with van der Waals surface area (Å²) in [7, 11) is 7.09. The molecular formula is C21H24N4O3. The van der Waals surface area contributed by atoms with E-state index in [1.165, 1.54) is 7.11 Å². The van der Waals surface area contributed by atoms with Crippen LogP contribution in [0, 0.1) is 0 Å². The second-order valence-electron chi connectivity index (χ2n) is 6.46. The molecule has 0 saturated heterocycles. The monoisotopic (exact) mass is 380 g/mol. The molecule has 1 heterocycles. The largest absolute Gasteiger partial charge is 0.497 e. The van der Waals surface area contributed by atoms with Crippen LogP contribution >= 0.6 is 0 Å². The topological polar surface area (TPSA) is 68.6 Å². The lowest BCUT2D eigenvalue weighted by molar-refractivity contribution is 0.102. The molecule has 0 fully saturated rings. The van der Waals surface area contributed by atoms with E-state index in [2.05, 4.69) is 22.5 Å². The Balaban J connectivity index is 1.78. The van der Waals surface area contributed by atoms with Crippen LogP contribution in [-0.2, 0) is 6.54 Å². The number of anilines is 2. The van der Waals surface area contributed by atoms with Crippen LogP contribution in [0.5, 0.6) is 11.5 Å². The first-order valence-corrected chi connectivity index (χ1v) is 8.83. The predicted octanol–water partition coefficient (Wildman–Crippen LogP) is 3.27. The minimum absolute atomic E-state index is 0.291. The number of nitrogens with zero attached hydrogens (tertiary/aromatic N) is 3. The Hall–Kier alpha value is -3.48. The number of aromatic nitrogens is 2. The summed E-state index contributed by atoms with van der Waals surface area (Å²) < 4.78 is 12.3. The highest BCUT2D eigenvalue weighted by Gasteiger charge is 2.16. The Morgan fingerprint density at radius 2 is 1.82 bits per heavy atom. The smallest absolute Gasteiger partial charge is 0.260 e. The van der Waals surface area contributed by atoms with Crippen molar-refractivity contribution in [2.24, 2.45) is 0 Å². The second kappa shape index (κ2) is 8.47. The molecule has 0 radical (unpaired) electrons. The van der Waals surface area contributed by atoms with Gasteiger partial charge in [-0.25, -0.2) is 4.68 Å². The normalized spacial score (nSPS) is 10.4. The molecule has 1 N–H and O–H groups in total. The van der Waals surface area contributed by atoms with E-state index in [9.17, 15) is 4.79 Å². The van der Waals surface area contributed by atoms with Gasteiger partial charge in [0.15, 0.2) is 0 Å². The minimum Gasteiger partial charge on any atom is -0.497 e. The Labute approximate surface area is 164 Å². The molecule has 0 unspecified atom stereocenters. The van der Waals surface area contributed by atoms with Gasteiger partial charge in [-0.15, -0.1) is 0 Å². The van der Waals surface area contributed by atoms with Crippen LogP contribution in [0.3, 0.4) is 0 Å². The van der Waals surface area contributed by atoms with E-state index in [-0.39, 0.29) is 5.91 Å². The van der Waals surface area contributed by atoms with E-state index in [0.717, 1.165) is 11.3 Å². The molecule has 7 heteroatoms. The van der Waals surface area contributed by atoms with E-state index < -0.39 is 0 Å². The Morgan fingerprint density at radius 1 is 1.07 bits per heavy atom. The zero-order valence-electron chi connectivity index (χ0n) is 16.5. The predicted molar refractivity (Wildman–Crippen MR) is 110 cm³/mol. The van der Waals surface area contributed by atoms with Crippen LogP contribution in [0.4, 0.5) is 11.5 Å². The molecule has 7 nitrogen and oxygen atoms in total. The van der Waals surface area contributed by atoms with Crippen LogP contribution in [0.15, 0.2) is 54.7 Å². The highest BCUT2D eigenvalue weighted by molar-refractivity contribution is 6.06. The molecule has 1 aromatic heterocycles. The van der Waals surface area contributed by atoms with Crippen molar-refractivity contribution in [3.05, 3.63) is 65.9 Å². The Bertz CT molecular complexity index is 949. The number of carbonyl (C=O) groups is 1. The summed E-state index contributed by atoms with van der Waals surface area (Å²) in [5.41, 5.74) is 2.61. The van der Waals surface area contributed by atoms with Gasteiger partial charge < -0.3 is 19.7 Å². The SMILES string of the molecule is COc1ccc(OC)c(C(=O)Nc2ccnn2Cc2ccc(N(C)C)cc2)c1. The van der Waals surface area contributed by atoms with Gasteiger partial charge in [-0.05, 0) is 35.9 Å². The van der Waals surface area contributed by atoms with Crippen LogP contribution < -0.4 is 19.7 Å². The third-order valence-electron chi connectivity index (χ3n) is 4.39. The van der Waals surface area contributed by atoms with Crippen LogP contribution in [0.25, 0.3) is 0 Å². The number of amides is 1. The summed E-state index contributed by atoms with van der Waals surface area (Å²) in [5.74, 6) is 1.37. The first-order valence-electron chi connectivity index (χ1n) is 8.83. The van der Waals surface area contributed by atoms with Crippen molar-refractivity contribution >= 4 is 17.4 Å². The summed E-state index contributed by atoms with van der Waals surface area (Å²) in [6.07, 6.45) is 1.66. The highest BCUT2D eigenvalue weighted by Crippen LogP contribution is 2.25. The summed E-state index contributed by atoms with van der Waals surface area (Å²) in [5, 5.41) is 7.23. The van der Waals surface area contributed by atoms with Gasteiger partial charge in [0.2, 0.25) is 0 Å². The number of hydrogen-bond acceptors (Lipinski definition) is 5. The maximum absolute atomic E-state index is 12.8. The molecule has 3 rings (SSSR count). The third-order valence-corrected chi connectivity index (χ3v) is 4.39. The van der Waals surface area contributed by atoms with Crippen molar-refractivity contribution in [1.29, 1.82) is 0 Å². The molecule has 0 spiro atoms. The molecular weight excluding hydrogens is 356 g/mol. The van der Waals surface area contributed by atoms with Gasteiger partial charge in [0.1, 0.15) is 17.3 Å². The quantitative estimate of drug-likeness (QED) is 0.681. The second-order valence-corrected chi connectivity index (χ2v) is 6.46. The number of benzene rings is 2. The number of methoxy groups -OCH3 is 2. The first-order chi connectivity index (χ1) is 13.5. The maximum Gasteiger partial charge on any atom is 0.260 e. The Kier molecular flexibility index (Phi) is 5.84. The molecule has 0 aliphatic heterocycles. The van der Waals surface area contributed by atoms with Gasteiger partial charge in [0, 0.05) is 25.8 Å². The summed E-state index contributed by atoms with van der Waals surface area (Å²) in [4.78, 5) is 14.8. The number of ether oxygens (including phenoxy) is 2. The Morgan fingerprint density at radius 3 is 2.46 bits per heavy atom. The van der Waals surface area contributed by atoms with Gasteiger partial charge in [0.25, 0.3) is 5.91 Å². The zero-order chi connectivity index (χ0) is 20.1. The highest BCUT2D eigenvalue weighted by atomic mass is 16.5. The number of carbonyl (C=O) groups excluding carboxylic acids is 1. The average Bonchev–Trinajstić information content (AvgIpc) is 3.14. The van der Waals surface area contributed by atoms with Gasteiger partial charge in [-0.3, -0.25) is 4.79 Å². The molecule has 0 aliphatic carbocycles. The maximum atomic E-state index is 12.8. The lowest BCUT2D eigenvalue weighted by Gasteiger charge is -2.14. The molecule has 0 saturated carbocycles. The van der Waals surface area contributed by atoms with Gasteiger partial charge >= 0.3 is 0 Å². The lowest BCUT2D eigenvalue weighted by atomic mass is 10.1. The summed E-state index contributed by atoms with van der Waals surface area (Å²) >= 11 is 0. The molecule has 146 valence electrons. The van der Waals surface area contributed by atoms with Gasteiger partial charge in [-0.1, -0.05) is 12.1 Å². The summed E-state index contributed by atoms with van der Waals surface area (Å²) in [6.45, 7) is 0.547. The van der Waals surface area contributed by atoms with Gasteiger partial charge in [0.05, 0.1) is 32.5 Å². The van der Waals surface area contributed by atoms with Crippen molar-refractivity contribution in [1.82, 2.24) is 9.78 Å². The molecule has 0 aliphatic rings. The number of nitrogens with one attached hydrogen (secondary N) is 1. The lowest BCUT2D eigenvalue weighted by Crippen LogP contribution is -2.17. The standard InChI is InChI=1S/C21H24N4O3/c1-24(2)16-7-5-15(6-8-16)14-25-20(11-12-22-25)23-21(26)18-13-17(27-3)9-10-19(18)28-4/h5-13H,14H2,1-4H3,(H,23,26). The third kappa shape index (κ3) is 4.25. The van der Waals surface area contributed by atoms with E-state index in [1.807, 2.05) is 31.1 Å². The van der Waals surface area contributed by atoms with Crippen molar-refractivity contribution in [2.45, 2.75) is 6.54 Å².